The van der Waals surface area contributed by atoms with Crippen LogP contribution in [-0.2, 0) is 32.2 Å². The van der Waals surface area contributed by atoms with Crippen molar-refractivity contribution in [2.24, 2.45) is 0 Å². The molecule has 26 heavy (non-hydrogen) atoms. The molecule has 0 fully saturated rings. The average molecular weight is 501 g/mol. The minimum Gasteiger partial charge on any atom is -1.00 e. The number of fused-ring (bicyclic) bond motifs is 1. The number of hydrogen-bond acceptors (Lipinski definition) is 0. The minimum absolute atomic E-state index is 0. The molecule has 0 saturated carbocycles. The molecular formula is C21H30Cl2Si2Zr. The van der Waals surface area contributed by atoms with Crippen LogP contribution in [0.1, 0.15) is 17.5 Å². The molecule has 5 heteroatoms. The summed E-state index contributed by atoms with van der Waals surface area (Å²) in [4.78, 5) is 0. The molecule has 2 aromatic rings. The molecule has 0 amide bonds. The van der Waals surface area contributed by atoms with E-state index in [0.29, 0.717) is 0 Å². The number of hydrogen-bond donors (Lipinski definition) is 0. The van der Waals surface area contributed by atoms with Crippen LogP contribution in [0.25, 0.3) is 10.8 Å². The Labute approximate surface area is 196 Å². The number of aryl methyl sites for hydroxylation is 1. The van der Waals surface area contributed by atoms with Crippen molar-refractivity contribution in [2.45, 2.75) is 52.1 Å². The largest absolute Gasteiger partial charge is 4.00 e. The van der Waals surface area contributed by atoms with Crippen LogP contribution >= 0.6 is 0 Å². The van der Waals surface area contributed by atoms with Gasteiger partial charge in [0.25, 0.3) is 0 Å². The maximum atomic E-state index is 2.99. The Bertz CT molecular complexity index is 646. The third-order valence-electron chi connectivity index (χ3n) is 3.43. The topological polar surface area (TPSA) is 0 Å². The number of benzene rings is 1. The molecule has 0 unspecified atom stereocenters. The van der Waals surface area contributed by atoms with Gasteiger partial charge in [0.2, 0.25) is 0 Å². The zero-order valence-electron chi connectivity index (χ0n) is 16.8. The Hall–Kier alpha value is 0.207. The van der Waals surface area contributed by atoms with Gasteiger partial charge in [0.1, 0.15) is 0 Å². The summed E-state index contributed by atoms with van der Waals surface area (Å²) in [6, 6.07) is 12.4. The number of allylic oxidation sites excluding steroid dienone is 4. The minimum atomic E-state index is -1.01. The van der Waals surface area contributed by atoms with Crippen LogP contribution in [-0.4, -0.2) is 17.6 Å². The van der Waals surface area contributed by atoms with Crippen molar-refractivity contribution in [1.82, 2.24) is 0 Å². The SMILES string of the molecule is C[Si]C.Cc1[cH-]c2ccccc2c1C[Si](C)(C)C.[C-]1=CC=CC1.[Cl-].[Cl-].[Zr+4]. The Kier molecular flexibility index (Phi) is 19.3. The Morgan fingerprint density at radius 2 is 1.69 bits per heavy atom. The molecule has 0 saturated heterocycles. The first-order valence-corrected chi connectivity index (χ1v) is 14.0. The third-order valence-corrected chi connectivity index (χ3v) is 4.84. The Morgan fingerprint density at radius 3 is 2.12 bits per heavy atom. The van der Waals surface area contributed by atoms with Crippen molar-refractivity contribution in [3.63, 3.8) is 0 Å². The monoisotopic (exact) mass is 498 g/mol. The van der Waals surface area contributed by atoms with E-state index >= 15 is 0 Å². The quantitative estimate of drug-likeness (QED) is 0.413. The average Bonchev–Trinajstić information content (AvgIpc) is 3.12. The second kappa shape index (κ2) is 16.2. The molecule has 0 aliphatic heterocycles. The van der Waals surface area contributed by atoms with Crippen LogP contribution in [0, 0.1) is 13.0 Å². The van der Waals surface area contributed by atoms with Crippen molar-refractivity contribution < 1.29 is 51.0 Å². The summed E-state index contributed by atoms with van der Waals surface area (Å²) < 4.78 is 0. The molecule has 0 aromatic heterocycles. The molecular weight excluding hydrogens is 471 g/mol. The first-order valence-electron chi connectivity index (χ1n) is 8.33. The molecule has 0 N–H and O–H groups in total. The van der Waals surface area contributed by atoms with Gasteiger partial charge in [-0.2, -0.15) is 11.6 Å². The van der Waals surface area contributed by atoms with Crippen molar-refractivity contribution in [3.05, 3.63) is 65.8 Å². The van der Waals surface area contributed by atoms with Crippen LogP contribution in [0.15, 0.2) is 48.6 Å². The maximum Gasteiger partial charge on any atom is 4.00 e. The van der Waals surface area contributed by atoms with Crippen LogP contribution in [0.2, 0.25) is 32.7 Å². The molecule has 0 bridgehead atoms. The standard InChI is InChI=1S/C14H19Si.C5H5.C2H6Si.2ClH.Zr/c1-11-9-12-7-5-6-8-13(12)14(11)10-15(2,3)4;1-2-4-5-3-1;1-3-2;;;/h5-9H,10H2,1-4H3;1-3H,4H2;1-2H3;2*1H;/q2*-1;;;;+4/p-2. The zero-order valence-corrected chi connectivity index (χ0v) is 22.8. The van der Waals surface area contributed by atoms with Gasteiger partial charge in [-0.1, -0.05) is 51.8 Å². The summed E-state index contributed by atoms with van der Waals surface area (Å²) in [7, 11) is 0.0729. The van der Waals surface area contributed by atoms with E-state index in [1.54, 1.807) is 5.56 Å². The van der Waals surface area contributed by atoms with Crippen LogP contribution < -0.4 is 24.8 Å². The molecule has 3 rings (SSSR count). The summed E-state index contributed by atoms with van der Waals surface area (Å²) in [5, 5.41) is 2.88. The zero-order chi connectivity index (χ0) is 17.3. The van der Waals surface area contributed by atoms with E-state index in [1.807, 2.05) is 12.2 Å². The van der Waals surface area contributed by atoms with Gasteiger partial charge in [-0.05, 0) is 0 Å². The molecule has 140 valence electrons. The van der Waals surface area contributed by atoms with Gasteiger partial charge in [-0.3, -0.25) is 6.08 Å². The van der Waals surface area contributed by atoms with Gasteiger partial charge < -0.3 is 24.8 Å². The van der Waals surface area contributed by atoms with E-state index in [1.165, 1.54) is 22.4 Å². The van der Waals surface area contributed by atoms with Crippen LogP contribution in [0.4, 0.5) is 0 Å². The summed E-state index contributed by atoms with van der Waals surface area (Å²) in [6.45, 7) is 13.9. The van der Waals surface area contributed by atoms with Crippen LogP contribution in [0.3, 0.4) is 0 Å². The Morgan fingerprint density at radius 1 is 1.12 bits per heavy atom. The first-order chi connectivity index (χ1) is 10.9. The van der Waals surface area contributed by atoms with E-state index in [9.17, 15) is 0 Å². The molecule has 0 spiro atoms. The summed E-state index contributed by atoms with van der Waals surface area (Å²) in [5.41, 5.74) is 3.06. The molecule has 1 aliphatic rings. The molecule has 0 atom stereocenters. The fourth-order valence-corrected chi connectivity index (χ4v) is 4.07. The Balaban J connectivity index is -0.000000409. The molecule has 1 aliphatic carbocycles. The predicted octanol–water partition coefficient (Wildman–Crippen LogP) is 0.385. The maximum absolute atomic E-state index is 2.99. The van der Waals surface area contributed by atoms with Crippen molar-refractivity contribution >= 4 is 28.4 Å². The van der Waals surface area contributed by atoms with Gasteiger partial charge in [-0.15, -0.1) is 47.0 Å². The van der Waals surface area contributed by atoms with E-state index in [4.69, 9.17) is 0 Å². The summed E-state index contributed by atoms with van der Waals surface area (Å²) in [5.74, 6) is 0. The molecule has 0 nitrogen and oxygen atoms in total. The summed E-state index contributed by atoms with van der Waals surface area (Å²) >= 11 is 0. The van der Waals surface area contributed by atoms with E-state index in [0.717, 1.165) is 15.9 Å². The van der Waals surface area contributed by atoms with Gasteiger partial charge in [0, 0.05) is 17.6 Å². The third kappa shape index (κ3) is 11.8. The second-order valence-electron chi connectivity index (χ2n) is 7.13. The van der Waals surface area contributed by atoms with Gasteiger partial charge in [0.15, 0.2) is 0 Å². The normalized spacial score (nSPS) is 11.2. The van der Waals surface area contributed by atoms with E-state index in [-0.39, 0.29) is 51.0 Å². The first kappa shape index (κ1) is 30.9. The number of halogens is 2. The van der Waals surface area contributed by atoms with E-state index in [2.05, 4.69) is 82.1 Å². The van der Waals surface area contributed by atoms with Gasteiger partial charge >= 0.3 is 26.2 Å². The fraction of sp³-hybridized carbons (Fsp3) is 0.381. The molecule has 2 radical (unpaired) electrons. The second-order valence-corrected chi connectivity index (χ2v) is 13.6. The predicted molar refractivity (Wildman–Crippen MR) is 110 cm³/mol. The fourth-order valence-electron chi connectivity index (χ4n) is 2.54. The van der Waals surface area contributed by atoms with Gasteiger partial charge in [-0.25, -0.2) is 12.2 Å². The summed E-state index contributed by atoms with van der Waals surface area (Å²) in [6.07, 6.45) is 10.0. The molecule has 2 aromatic carbocycles. The van der Waals surface area contributed by atoms with Crippen molar-refractivity contribution in [3.8, 4) is 0 Å². The van der Waals surface area contributed by atoms with Gasteiger partial charge in [0.05, 0.1) is 0 Å². The van der Waals surface area contributed by atoms with E-state index < -0.39 is 8.07 Å². The number of rotatable bonds is 2. The van der Waals surface area contributed by atoms with Crippen LogP contribution in [0.5, 0.6) is 0 Å². The smallest absolute Gasteiger partial charge is 1.00 e. The van der Waals surface area contributed by atoms with Crippen molar-refractivity contribution in [1.29, 1.82) is 0 Å². The van der Waals surface area contributed by atoms with Crippen molar-refractivity contribution in [2.75, 3.05) is 0 Å². The molecule has 0 heterocycles.